The molecule has 0 fully saturated rings. The summed E-state index contributed by atoms with van der Waals surface area (Å²) in [5.41, 5.74) is 1.81. The molecule has 0 saturated carbocycles. The van der Waals surface area contributed by atoms with Gasteiger partial charge >= 0.3 is 6.03 Å². The molecular formula is C20H19N3O3S. The predicted molar refractivity (Wildman–Crippen MR) is 107 cm³/mol. The Labute approximate surface area is 161 Å². The number of anilines is 2. The maximum absolute atomic E-state index is 12.4. The summed E-state index contributed by atoms with van der Waals surface area (Å²) < 4.78 is 0. The quantitative estimate of drug-likeness (QED) is 0.614. The molecule has 3 aromatic rings. The van der Waals surface area contributed by atoms with Crippen LogP contribution in [0.15, 0.2) is 66.0 Å². The Kier molecular flexibility index (Phi) is 5.73. The molecule has 0 aliphatic carbocycles. The summed E-state index contributed by atoms with van der Waals surface area (Å²) in [6, 6.07) is 17.1. The van der Waals surface area contributed by atoms with Crippen LogP contribution in [0.3, 0.4) is 0 Å². The molecule has 3 rings (SSSR count). The van der Waals surface area contributed by atoms with Crippen molar-refractivity contribution < 1.29 is 14.7 Å². The molecule has 0 aliphatic rings. The number of benzene rings is 2. The van der Waals surface area contributed by atoms with E-state index in [1.165, 1.54) is 16.2 Å². The van der Waals surface area contributed by atoms with Crippen LogP contribution < -0.4 is 10.6 Å². The van der Waals surface area contributed by atoms with Crippen molar-refractivity contribution in [2.45, 2.75) is 6.54 Å². The van der Waals surface area contributed by atoms with E-state index >= 15 is 0 Å². The van der Waals surface area contributed by atoms with E-state index in [9.17, 15) is 14.7 Å². The van der Waals surface area contributed by atoms with E-state index in [0.717, 1.165) is 0 Å². The monoisotopic (exact) mass is 381 g/mol. The average molecular weight is 381 g/mol. The third kappa shape index (κ3) is 4.86. The Morgan fingerprint density at radius 1 is 1.00 bits per heavy atom. The van der Waals surface area contributed by atoms with Gasteiger partial charge in [0.25, 0.3) is 5.91 Å². The molecule has 0 atom stereocenters. The Bertz CT molecular complexity index is 941. The van der Waals surface area contributed by atoms with Gasteiger partial charge in [0, 0.05) is 24.0 Å². The fraction of sp³-hybridized carbons (Fsp3) is 0.100. The number of phenols is 1. The van der Waals surface area contributed by atoms with Gasteiger partial charge in [0.15, 0.2) is 0 Å². The van der Waals surface area contributed by atoms with E-state index in [1.807, 2.05) is 11.4 Å². The van der Waals surface area contributed by atoms with E-state index in [-0.39, 0.29) is 24.2 Å². The van der Waals surface area contributed by atoms with Crippen molar-refractivity contribution in [2.75, 3.05) is 17.7 Å². The lowest BCUT2D eigenvalue weighted by Gasteiger charge is -2.19. The van der Waals surface area contributed by atoms with Gasteiger partial charge in [-0.1, -0.05) is 30.3 Å². The lowest BCUT2D eigenvalue weighted by Crippen LogP contribution is -2.30. The zero-order chi connectivity index (χ0) is 19.2. The molecule has 7 heteroatoms. The van der Waals surface area contributed by atoms with Gasteiger partial charge in [0.05, 0.1) is 11.4 Å². The normalized spacial score (nSPS) is 10.3. The highest BCUT2D eigenvalue weighted by Gasteiger charge is 2.12. The van der Waals surface area contributed by atoms with E-state index in [2.05, 4.69) is 10.6 Å². The number of para-hydroxylation sites is 1. The molecule has 3 N–H and O–H groups in total. The number of rotatable bonds is 5. The molecule has 0 unspecified atom stereocenters. The largest absolute Gasteiger partial charge is 0.508 e. The number of carbonyl (C=O) groups is 2. The average Bonchev–Trinajstić information content (AvgIpc) is 3.19. The number of hydrogen-bond acceptors (Lipinski definition) is 4. The van der Waals surface area contributed by atoms with Crippen LogP contribution in [-0.2, 0) is 6.54 Å². The molecule has 6 nitrogen and oxygen atoms in total. The van der Waals surface area contributed by atoms with E-state index in [4.69, 9.17) is 0 Å². The smallest absolute Gasteiger partial charge is 0.321 e. The highest BCUT2D eigenvalue weighted by molar-refractivity contribution is 7.12. The van der Waals surface area contributed by atoms with E-state index < -0.39 is 0 Å². The molecule has 0 spiro atoms. The van der Waals surface area contributed by atoms with Crippen LogP contribution in [-0.4, -0.2) is 29.0 Å². The van der Waals surface area contributed by atoms with Crippen molar-refractivity contribution >= 4 is 34.6 Å². The summed E-state index contributed by atoms with van der Waals surface area (Å²) in [7, 11) is 1.64. The molecule has 138 valence electrons. The van der Waals surface area contributed by atoms with Crippen molar-refractivity contribution in [3.63, 3.8) is 0 Å². The minimum absolute atomic E-state index is 0.149. The fourth-order valence-corrected chi connectivity index (χ4v) is 3.08. The minimum atomic E-state index is -0.319. The van der Waals surface area contributed by atoms with Gasteiger partial charge in [-0.25, -0.2) is 4.79 Å². The Balaban J connectivity index is 1.62. The van der Waals surface area contributed by atoms with Gasteiger partial charge in [0.1, 0.15) is 5.75 Å². The van der Waals surface area contributed by atoms with Crippen molar-refractivity contribution in [3.05, 3.63) is 76.5 Å². The highest BCUT2D eigenvalue weighted by atomic mass is 32.1. The van der Waals surface area contributed by atoms with Gasteiger partial charge in [-0.05, 0) is 35.7 Å². The van der Waals surface area contributed by atoms with Crippen molar-refractivity contribution in [1.29, 1.82) is 0 Å². The molecule has 27 heavy (non-hydrogen) atoms. The summed E-state index contributed by atoms with van der Waals surface area (Å²) in [6.45, 7) is 0.271. The van der Waals surface area contributed by atoms with Crippen LogP contribution in [0.4, 0.5) is 16.2 Å². The van der Waals surface area contributed by atoms with Crippen LogP contribution in [0.5, 0.6) is 5.75 Å². The van der Waals surface area contributed by atoms with Crippen LogP contribution in [0.25, 0.3) is 0 Å². The third-order valence-electron chi connectivity index (χ3n) is 3.86. The third-order valence-corrected chi connectivity index (χ3v) is 4.73. The zero-order valence-corrected chi connectivity index (χ0v) is 15.5. The fourth-order valence-electron chi connectivity index (χ4n) is 2.47. The molecule has 0 radical (unpaired) electrons. The lowest BCUT2D eigenvalue weighted by atomic mass is 10.2. The number of aromatic hydroxyl groups is 1. The number of urea groups is 1. The number of carbonyl (C=O) groups excluding carboxylic acids is 2. The van der Waals surface area contributed by atoms with E-state index in [0.29, 0.717) is 21.8 Å². The number of hydrogen-bond donors (Lipinski definition) is 3. The number of nitrogens with one attached hydrogen (secondary N) is 2. The number of nitrogens with zero attached hydrogens (tertiary/aromatic N) is 1. The summed E-state index contributed by atoms with van der Waals surface area (Å²) >= 11 is 1.36. The van der Waals surface area contributed by atoms with Crippen molar-refractivity contribution in [2.24, 2.45) is 0 Å². The predicted octanol–water partition coefficient (Wildman–Crippen LogP) is 4.37. The summed E-state index contributed by atoms with van der Waals surface area (Å²) in [5, 5.41) is 17.3. The maximum atomic E-state index is 12.4. The van der Waals surface area contributed by atoms with Crippen LogP contribution in [0, 0.1) is 0 Å². The SMILES string of the molecule is CN(Cc1ccccc1O)C(=O)Nc1cccc(NC(=O)c2cccs2)c1. The molecule has 0 saturated heterocycles. The molecule has 2 aromatic carbocycles. The van der Waals surface area contributed by atoms with Gasteiger partial charge in [0.2, 0.25) is 0 Å². The zero-order valence-electron chi connectivity index (χ0n) is 14.7. The van der Waals surface area contributed by atoms with Crippen LogP contribution >= 0.6 is 11.3 Å². The van der Waals surface area contributed by atoms with Gasteiger partial charge in [-0.2, -0.15) is 0 Å². The van der Waals surface area contributed by atoms with Crippen LogP contribution in [0.2, 0.25) is 0 Å². The lowest BCUT2D eigenvalue weighted by molar-refractivity contribution is 0.103. The number of amides is 3. The molecule has 3 amide bonds. The minimum Gasteiger partial charge on any atom is -0.508 e. The van der Waals surface area contributed by atoms with Crippen molar-refractivity contribution in [1.82, 2.24) is 4.90 Å². The second-order valence-corrected chi connectivity index (χ2v) is 6.87. The first kappa shape index (κ1) is 18.5. The summed E-state index contributed by atoms with van der Waals surface area (Å²) in [4.78, 5) is 26.6. The first-order chi connectivity index (χ1) is 13.0. The van der Waals surface area contributed by atoms with Gasteiger partial charge in [-0.3, -0.25) is 4.79 Å². The number of phenolic OH excluding ortho intramolecular Hbond substituents is 1. The molecule has 0 bridgehead atoms. The standard InChI is InChI=1S/C20H19N3O3S/c1-23(13-14-6-2-3-9-17(14)24)20(26)22-16-8-4-7-15(12-16)21-19(25)18-10-5-11-27-18/h2-12,24H,13H2,1H3,(H,21,25)(H,22,26). The summed E-state index contributed by atoms with van der Waals surface area (Å²) in [6.07, 6.45) is 0. The molecule has 1 heterocycles. The Morgan fingerprint density at radius 2 is 1.74 bits per heavy atom. The first-order valence-corrected chi connectivity index (χ1v) is 9.15. The number of thiophene rings is 1. The second kappa shape index (κ2) is 8.37. The Morgan fingerprint density at radius 3 is 2.44 bits per heavy atom. The first-order valence-electron chi connectivity index (χ1n) is 8.27. The van der Waals surface area contributed by atoms with Gasteiger partial charge < -0.3 is 20.6 Å². The van der Waals surface area contributed by atoms with Crippen molar-refractivity contribution in [3.8, 4) is 5.75 Å². The van der Waals surface area contributed by atoms with Gasteiger partial charge in [-0.15, -0.1) is 11.3 Å². The Hall–Kier alpha value is -3.32. The summed E-state index contributed by atoms with van der Waals surface area (Å²) in [5.74, 6) is -0.0411. The maximum Gasteiger partial charge on any atom is 0.321 e. The van der Waals surface area contributed by atoms with E-state index in [1.54, 1.807) is 61.6 Å². The topological polar surface area (TPSA) is 81.7 Å². The van der Waals surface area contributed by atoms with Crippen LogP contribution in [0.1, 0.15) is 15.2 Å². The molecule has 1 aromatic heterocycles. The highest BCUT2D eigenvalue weighted by Crippen LogP contribution is 2.20. The molecular weight excluding hydrogens is 362 g/mol. The second-order valence-electron chi connectivity index (χ2n) is 5.93. The molecule has 0 aliphatic heterocycles.